The minimum Gasteiger partial charge on any atom is -0.422 e. The zero-order valence-corrected chi connectivity index (χ0v) is 17.5. The van der Waals surface area contributed by atoms with Crippen LogP contribution in [-0.2, 0) is 27.7 Å². The van der Waals surface area contributed by atoms with Crippen LogP contribution in [0.4, 0.5) is 4.79 Å². The lowest BCUT2D eigenvalue weighted by Gasteiger charge is -2.30. The Kier molecular flexibility index (Phi) is 9.30. The van der Waals surface area contributed by atoms with Crippen molar-refractivity contribution in [1.29, 1.82) is 0 Å². The molecule has 0 aliphatic carbocycles. The first-order chi connectivity index (χ1) is 11.1. The Balaban J connectivity index is 4.57. The Morgan fingerprint density at radius 1 is 1.00 bits per heavy atom. The molecule has 148 valence electrons. The maximum absolute atomic E-state index is 12.7. The van der Waals surface area contributed by atoms with Crippen molar-refractivity contribution in [2.45, 2.75) is 72.5 Å². The molecule has 8 nitrogen and oxygen atoms in total. The van der Waals surface area contributed by atoms with Crippen LogP contribution in [0, 0.1) is 0 Å². The summed E-state index contributed by atoms with van der Waals surface area (Å²) in [7, 11) is -2.38. The van der Waals surface area contributed by atoms with Gasteiger partial charge in [-0.2, -0.15) is 0 Å². The summed E-state index contributed by atoms with van der Waals surface area (Å²) in [6, 6.07) is 0. The van der Waals surface area contributed by atoms with Crippen molar-refractivity contribution in [3.8, 4) is 0 Å². The van der Waals surface area contributed by atoms with E-state index in [9.17, 15) is 14.2 Å². The fraction of sp³-hybridized carbons (Fsp3) is 0.875. The van der Waals surface area contributed by atoms with Gasteiger partial charge in [-0.1, -0.05) is 0 Å². The molecule has 0 atom stereocenters. The summed E-state index contributed by atoms with van der Waals surface area (Å²) in [5, 5.41) is 0. The lowest BCUT2D eigenvalue weighted by atomic mass is 10.2. The molecule has 25 heavy (non-hydrogen) atoms. The highest BCUT2D eigenvalue weighted by atomic mass is 31.2. The molecule has 0 rings (SSSR count). The number of ether oxygens (including phenoxy) is 1. The number of nitrogens with zero attached hydrogens (tertiary/aromatic N) is 1. The minimum atomic E-state index is -3.92. The van der Waals surface area contributed by atoms with E-state index in [0.29, 0.717) is 19.4 Å². The third-order valence-electron chi connectivity index (χ3n) is 2.50. The van der Waals surface area contributed by atoms with Crippen molar-refractivity contribution in [3.05, 3.63) is 0 Å². The van der Waals surface area contributed by atoms with Gasteiger partial charge in [0, 0.05) is 20.0 Å². The number of phosphoric ester groups is 1. The molecular formula is C16H32NO7P. The molecule has 0 saturated heterocycles. The average Bonchev–Trinajstić information content (AvgIpc) is 2.32. The Bertz CT molecular complexity index is 474. The topological polar surface area (TPSA) is 91.4 Å². The third-order valence-corrected chi connectivity index (χ3v) is 4.46. The van der Waals surface area contributed by atoms with Gasteiger partial charge >= 0.3 is 13.9 Å². The van der Waals surface area contributed by atoms with Gasteiger partial charge in [0.05, 0.1) is 11.2 Å². The molecule has 0 aromatic rings. The Hall–Kier alpha value is -0.950. The number of phosphoric acid groups is 1. The number of carbonyl (C=O) groups is 2. The first-order valence-electron chi connectivity index (χ1n) is 8.17. The Labute approximate surface area is 150 Å². The van der Waals surface area contributed by atoms with Crippen molar-refractivity contribution in [2.24, 2.45) is 0 Å². The average molecular weight is 381 g/mol. The summed E-state index contributed by atoms with van der Waals surface area (Å²) < 4.78 is 33.6. The third kappa shape index (κ3) is 13.0. The van der Waals surface area contributed by atoms with Gasteiger partial charge in [0.2, 0.25) is 6.79 Å². The van der Waals surface area contributed by atoms with E-state index < -0.39 is 31.9 Å². The fourth-order valence-electron chi connectivity index (χ4n) is 1.65. The highest BCUT2D eigenvalue weighted by molar-refractivity contribution is 7.48. The second-order valence-electron chi connectivity index (χ2n) is 7.74. The highest BCUT2D eigenvalue weighted by Gasteiger charge is 2.37. The number of rotatable bonds is 9. The summed E-state index contributed by atoms with van der Waals surface area (Å²) in [6.45, 7) is 11.6. The van der Waals surface area contributed by atoms with Crippen LogP contribution in [0.2, 0.25) is 0 Å². The zero-order chi connectivity index (χ0) is 19.9. The standard InChI is InChI=1S/C16H32NO7P/c1-13(18)10-9-11-17(8)14(19)21-12-22-25(20,23-15(2,3)4)24-16(5,6)7/h9-12H2,1-8H3. The van der Waals surface area contributed by atoms with Gasteiger partial charge in [-0.05, 0) is 54.9 Å². The molecule has 0 radical (unpaired) electrons. The molecular weight excluding hydrogens is 349 g/mol. The van der Waals surface area contributed by atoms with E-state index in [-0.39, 0.29) is 5.78 Å². The van der Waals surface area contributed by atoms with E-state index in [0.717, 1.165) is 0 Å². The molecule has 1 amide bonds. The molecule has 0 unspecified atom stereocenters. The second-order valence-corrected chi connectivity index (χ2v) is 9.26. The van der Waals surface area contributed by atoms with E-state index in [1.165, 1.54) is 11.8 Å². The molecule has 0 fully saturated rings. The zero-order valence-electron chi connectivity index (χ0n) is 16.6. The predicted octanol–water partition coefficient (Wildman–Crippen LogP) is 4.14. The molecule has 0 aliphatic heterocycles. The molecule has 0 aromatic heterocycles. The number of hydrogen-bond donors (Lipinski definition) is 0. The number of amides is 1. The van der Waals surface area contributed by atoms with E-state index >= 15 is 0 Å². The van der Waals surface area contributed by atoms with Gasteiger partial charge in [0.15, 0.2) is 0 Å². The fourth-order valence-corrected chi connectivity index (χ4v) is 3.32. The summed E-state index contributed by atoms with van der Waals surface area (Å²) in [5.74, 6) is 0.0599. The van der Waals surface area contributed by atoms with E-state index in [1.54, 1.807) is 48.6 Å². The molecule has 0 N–H and O–H groups in total. The van der Waals surface area contributed by atoms with Crippen molar-refractivity contribution in [2.75, 3.05) is 20.4 Å². The van der Waals surface area contributed by atoms with Gasteiger partial charge in [-0.15, -0.1) is 0 Å². The minimum absolute atomic E-state index is 0.0599. The number of hydrogen-bond acceptors (Lipinski definition) is 7. The molecule has 0 spiro atoms. The van der Waals surface area contributed by atoms with E-state index in [4.69, 9.17) is 18.3 Å². The SMILES string of the molecule is CC(=O)CCCN(C)C(=O)OCOP(=O)(OC(C)(C)C)OC(C)(C)C. The van der Waals surface area contributed by atoms with Crippen LogP contribution < -0.4 is 0 Å². The van der Waals surface area contributed by atoms with Crippen LogP contribution in [0.3, 0.4) is 0 Å². The van der Waals surface area contributed by atoms with Gasteiger partial charge in [0.1, 0.15) is 5.78 Å². The van der Waals surface area contributed by atoms with E-state index in [1.807, 2.05) is 0 Å². The lowest BCUT2D eigenvalue weighted by molar-refractivity contribution is -0.117. The molecule has 0 aromatic carbocycles. The largest absolute Gasteiger partial charge is 0.478 e. The first-order valence-corrected chi connectivity index (χ1v) is 9.63. The van der Waals surface area contributed by atoms with Gasteiger partial charge in [-0.3, -0.25) is 9.05 Å². The van der Waals surface area contributed by atoms with Crippen LogP contribution in [0.15, 0.2) is 0 Å². The van der Waals surface area contributed by atoms with Crippen LogP contribution in [0.1, 0.15) is 61.3 Å². The van der Waals surface area contributed by atoms with Crippen molar-refractivity contribution >= 4 is 19.7 Å². The van der Waals surface area contributed by atoms with Crippen molar-refractivity contribution in [3.63, 3.8) is 0 Å². The van der Waals surface area contributed by atoms with Crippen molar-refractivity contribution in [1.82, 2.24) is 4.90 Å². The number of ketones is 1. The molecule has 0 aliphatic rings. The number of carbonyl (C=O) groups excluding carboxylic acids is 2. The predicted molar refractivity (Wildman–Crippen MR) is 94.3 cm³/mol. The quantitative estimate of drug-likeness (QED) is 0.438. The van der Waals surface area contributed by atoms with Crippen LogP contribution >= 0.6 is 7.82 Å². The summed E-state index contributed by atoms with van der Waals surface area (Å²) in [5.41, 5.74) is -1.54. The molecule has 0 saturated carbocycles. The maximum Gasteiger partial charge on any atom is 0.478 e. The maximum atomic E-state index is 12.7. The smallest absolute Gasteiger partial charge is 0.422 e. The van der Waals surface area contributed by atoms with Gasteiger partial charge in [0.25, 0.3) is 0 Å². The first kappa shape index (κ1) is 24.1. The van der Waals surface area contributed by atoms with Crippen LogP contribution in [0.5, 0.6) is 0 Å². The molecule has 0 heterocycles. The van der Waals surface area contributed by atoms with E-state index in [2.05, 4.69) is 0 Å². The normalized spacial score (nSPS) is 12.8. The molecule has 9 heteroatoms. The number of Topliss-reactive ketones (excluding diaryl/α,β-unsaturated/α-hetero) is 1. The Morgan fingerprint density at radius 2 is 1.48 bits per heavy atom. The monoisotopic (exact) mass is 381 g/mol. The summed E-state index contributed by atoms with van der Waals surface area (Å²) in [4.78, 5) is 24.0. The van der Waals surface area contributed by atoms with Crippen LogP contribution in [0.25, 0.3) is 0 Å². The second kappa shape index (κ2) is 9.67. The lowest BCUT2D eigenvalue weighted by Crippen LogP contribution is -2.30. The molecule has 0 bridgehead atoms. The van der Waals surface area contributed by atoms with Crippen LogP contribution in [-0.4, -0.2) is 48.4 Å². The van der Waals surface area contributed by atoms with Crippen molar-refractivity contribution < 1.29 is 32.5 Å². The Morgan fingerprint density at radius 3 is 1.88 bits per heavy atom. The highest BCUT2D eigenvalue weighted by Crippen LogP contribution is 2.55. The summed E-state index contributed by atoms with van der Waals surface area (Å²) >= 11 is 0. The van der Waals surface area contributed by atoms with Gasteiger partial charge in [-0.25, -0.2) is 13.9 Å². The summed E-state index contributed by atoms with van der Waals surface area (Å²) in [6.07, 6.45) is 0.282. The van der Waals surface area contributed by atoms with Gasteiger partial charge < -0.3 is 14.4 Å².